The molecule has 0 aliphatic rings. The van der Waals surface area contributed by atoms with Gasteiger partial charge in [0.15, 0.2) is 5.69 Å². The summed E-state index contributed by atoms with van der Waals surface area (Å²) in [5.74, 6) is 0.558. The highest BCUT2D eigenvalue weighted by Gasteiger charge is 2.23. The minimum Gasteiger partial charge on any atom is -0.361 e. The van der Waals surface area contributed by atoms with Crippen molar-refractivity contribution >= 4 is 5.91 Å². The number of aromatic nitrogens is 1. The fraction of sp³-hybridized carbons (Fsp3) is 0.692. The first-order chi connectivity index (χ1) is 8.54. The molecule has 0 spiro atoms. The van der Waals surface area contributed by atoms with Crippen LogP contribution in [0.15, 0.2) is 10.6 Å². The monoisotopic (exact) mass is 253 g/mol. The van der Waals surface area contributed by atoms with Gasteiger partial charge in [-0.3, -0.25) is 4.79 Å². The van der Waals surface area contributed by atoms with Gasteiger partial charge in [0.2, 0.25) is 0 Å². The number of aryl methyl sites for hydroxylation is 1. The van der Waals surface area contributed by atoms with Gasteiger partial charge in [-0.05, 0) is 18.9 Å². The molecule has 1 heterocycles. The summed E-state index contributed by atoms with van der Waals surface area (Å²) in [6, 6.07) is 1.69. The van der Waals surface area contributed by atoms with E-state index in [2.05, 4.69) is 29.6 Å². The van der Waals surface area contributed by atoms with E-state index in [9.17, 15) is 4.79 Å². The number of hydrogen-bond acceptors (Lipinski definition) is 4. The summed E-state index contributed by atoms with van der Waals surface area (Å²) in [5, 5.41) is 9.82. The lowest BCUT2D eigenvalue weighted by molar-refractivity contribution is 0.0923. The molecule has 0 saturated heterocycles. The highest BCUT2D eigenvalue weighted by molar-refractivity contribution is 5.92. The number of carbonyl (C=O) groups excluding carboxylic acids is 1. The molecule has 1 rings (SSSR count). The van der Waals surface area contributed by atoms with Crippen molar-refractivity contribution in [3.63, 3.8) is 0 Å². The summed E-state index contributed by atoms with van der Waals surface area (Å²) in [6.07, 6.45) is 1.74. The summed E-state index contributed by atoms with van der Waals surface area (Å²) < 4.78 is 5.02. The molecule has 5 nitrogen and oxygen atoms in total. The van der Waals surface area contributed by atoms with Crippen LogP contribution in [-0.4, -0.2) is 31.2 Å². The Balaban J connectivity index is 2.54. The second kappa shape index (κ2) is 6.54. The van der Waals surface area contributed by atoms with Crippen LogP contribution < -0.4 is 10.6 Å². The summed E-state index contributed by atoms with van der Waals surface area (Å²) in [6.45, 7) is 7.71. The largest absolute Gasteiger partial charge is 0.361 e. The first kappa shape index (κ1) is 14.7. The van der Waals surface area contributed by atoms with Gasteiger partial charge in [-0.15, -0.1) is 0 Å². The molecular weight excluding hydrogens is 230 g/mol. The number of rotatable bonds is 7. The van der Waals surface area contributed by atoms with Crippen molar-refractivity contribution < 1.29 is 9.32 Å². The number of carbonyl (C=O) groups is 1. The van der Waals surface area contributed by atoms with Gasteiger partial charge in [-0.25, -0.2) is 0 Å². The van der Waals surface area contributed by atoms with Gasteiger partial charge in [0.25, 0.3) is 5.91 Å². The van der Waals surface area contributed by atoms with Crippen LogP contribution in [0, 0.1) is 5.41 Å². The van der Waals surface area contributed by atoms with Crippen LogP contribution in [0.5, 0.6) is 0 Å². The molecule has 1 atom stereocenters. The van der Waals surface area contributed by atoms with E-state index in [0.29, 0.717) is 12.2 Å². The fourth-order valence-corrected chi connectivity index (χ4v) is 1.71. The third-order valence-corrected chi connectivity index (χ3v) is 3.27. The predicted octanol–water partition coefficient (Wildman–Crippen LogP) is 1.60. The van der Waals surface area contributed by atoms with E-state index in [-0.39, 0.29) is 11.3 Å². The molecule has 0 aliphatic heterocycles. The SMILES string of the molecule is CCc1cc(C(=O)NCC(C)(CC)CNC)no1. The number of nitrogens with zero attached hydrogens (tertiary/aromatic N) is 1. The molecule has 0 aromatic carbocycles. The Morgan fingerprint density at radius 2 is 2.17 bits per heavy atom. The number of nitrogens with one attached hydrogen (secondary N) is 2. The molecule has 1 aromatic rings. The van der Waals surface area contributed by atoms with Crippen molar-refractivity contribution in [2.24, 2.45) is 5.41 Å². The zero-order valence-electron chi connectivity index (χ0n) is 11.7. The first-order valence-corrected chi connectivity index (χ1v) is 6.43. The lowest BCUT2D eigenvalue weighted by Gasteiger charge is -2.27. The molecule has 1 unspecified atom stereocenters. The molecule has 102 valence electrons. The molecular formula is C13H23N3O2. The third kappa shape index (κ3) is 3.84. The Hall–Kier alpha value is -1.36. The second-order valence-corrected chi connectivity index (χ2v) is 4.91. The minimum atomic E-state index is -0.172. The molecule has 0 bridgehead atoms. The van der Waals surface area contributed by atoms with E-state index in [0.717, 1.165) is 25.1 Å². The third-order valence-electron chi connectivity index (χ3n) is 3.27. The zero-order valence-corrected chi connectivity index (χ0v) is 11.7. The molecule has 0 aliphatic carbocycles. The molecule has 5 heteroatoms. The lowest BCUT2D eigenvalue weighted by Crippen LogP contribution is -2.41. The van der Waals surface area contributed by atoms with Crippen LogP contribution in [0.1, 0.15) is 43.4 Å². The Labute approximate surface area is 108 Å². The van der Waals surface area contributed by atoms with E-state index >= 15 is 0 Å². The smallest absolute Gasteiger partial charge is 0.273 e. The lowest BCUT2D eigenvalue weighted by atomic mass is 9.87. The normalized spacial score (nSPS) is 14.2. The van der Waals surface area contributed by atoms with Gasteiger partial charge in [0.1, 0.15) is 5.76 Å². The summed E-state index contributed by atoms with van der Waals surface area (Å²) in [4.78, 5) is 11.9. The molecule has 0 fully saturated rings. The Morgan fingerprint density at radius 1 is 1.44 bits per heavy atom. The molecule has 1 aromatic heterocycles. The van der Waals surface area contributed by atoms with Gasteiger partial charge >= 0.3 is 0 Å². The second-order valence-electron chi connectivity index (χ2n) is 4.91. The highest BCUT2D eigenvalue weighted by Crippen LogP contribution is 2.18. The Bertz CT molecular complexity index is 389. The van der Waals surface area contributed by atoms with Crippen molar-refractivity contribution in [1.29, 1.82) is 0 Å². The van der Waals surface area contributed by atoms with E-state index in [1.54, 1.807) is 6.07 Å². The van der Waals surface area contributed by atoms with Gasteiger partial charge in [0.05, 0.1) is 0 Å². The maximum atomic E-state index is 11.9. The van der Waals surface area contributed by atoms with Crippen LogP contribution in [0.2, 0.25) is 0 Å². The van der Waals surface area contributed by atoms with Crippen molar-refractivity contribution in [2.75, 3.05) is 20.1 Å². The molecule has 1 amide bonds. The molecule has 2 N–H and O–H groups in total. The van der Waals surface area contributed by atoms with Crippen LogP contribution in [0.3, 0.4) is 0 Å². The van der Waals surface area contributed by atoms with E-state index in [1.165, 1.54) is 0 Å². The van der Waals surface area contributed by atoms with Crippen molar-refractivity contribution in [3.8, 4) is 0 Å². The zero-order chi connectivity index (χ0) is 13.6. The molecule has 0 radical (unpaired) electrons. The van der Waals surface area contributed by atoms with Crippen LogP contribution in [-0.2, 0) is 6.42 Å². The van der Waals surface area contributed by atoms with Crippen LogP contribution in [0.4, 0.5) is 0 Å². The van der Waals surface area contributed by atoms with Gasteiger partial charge < -0.3 is 15.2 Å². The first-order valence-electron chi connectivity index (χ1n) is 6.43. The van der Waals surface area contributed by atoms with Crippen LogP contribution >= 0.6 is 0 Å². The highest BCUT2D eigenvalue weighted by atomic mass is 16.5. The Morgan fingerprint density at radius 3 is 2.67 bits per heavy atom. The number of hydrogen-bond donors (Lipinski definition) is 2. The minimum absolute atomic E-state index is 0.0573. The van der Waals surface area contributed by atoms with Gasteiger partial charge in [-0.2, -0.15) is 0 Å². The Kier molecular flexibility index (Phi) is 5.34. The fourth-order valence-electron chi connectivity index (χ4n) is 1.71. The predicted molar refractivity (Wildman–Crippen MR) is 70.5 cm³/mol. The van der Waals surface area contributed by atoms with Crippen LogP contribution in [0.25, 0.3) is 0 Å². The van der Waals surface area contributed by atoms with Gasteiger partial charge in [0, 0.05) is 25.6 Å². The topological polar surface area (TPSA) is 67.2 Å². The van der Waals surface area contributed by atoms with Crippen molar-refractivity contribution in [3.05, 3.63) is 17.5 Å². The average Bonchev–Trinajstić information content (AvgIpc) is 2.85. The summed E-state index contributed by atoms with van der Waals surface area (Å²) in [5.41, 5.74) is 0.414. The van der Waals surface area contributed by atoms with Gasteiger partial charge in [-0.1, -0.05) is 25.9 Å². The number of amides is 1. The quantitative estimate of drug-likeness (QED) is 0.774. The summed E-state index contributed by atoms with van der Waals surface area (Å²) >= 11 is 0. The standard InChI is InChI=1S/C13H23N3O2/c1-5-10-7-11(16-18-10)12(17)15-9-13(3,6-2)8-14-4/h7,14H,5-6,8-9H2,1-4H3,(H,15,17). The van der Waals surface area contributed by atoms with E-state index in [1.807, 2.05) is 14.0 Å². The molecule has 18 heavy (non-hydrogen) atoms. The maximum Gasteiger partial charge on any atom is 0.273 e. The maximum absolute atomic E-state index is 11.9. The van der Waals surface area contributed by atoms with Crippen molar-refractivity contribution in [1.82, 2.24) is 15.8 Å². The van der Waals surface area contributed by atoms with Crippen molar-refractivity contribution in [2.45, 2.75) is 33.6 Å². The van der Waals surface area contributed by atoms with E-state index < -0.39 is 0 Å². The summed E-state index contributed by atoms with van der Waals surface area (Å²) in [7, 11) is 1.92. The van der Waals surface area contributed by atoms with E-state index in [4.69, 9.17) is 4.52 Å². The molecule has 0 saturated carbocycles. The average molecular weight is 253 g/mol.